The van der Waals surface area contributed by atoms with Crippen molar-refractivity contribution in [2.75, 3.05) is 6.61 Å². The van der Waals surface area contributed by atoms with Crippen molar-refractivity contribution in [3.63, 3.8) is 0 Å². The highest BCUT2D eigenvalue weighted by Crippen LogP contribution is 2.31. The molecule has 4 aromatic carbocycles. The van der Waals surface area contributed by atoms with E-state index < -0.39 is 30.6 Å². The molecular weight excluding hydrogens is 526 g/mol. The van der Waals surface area contributed by atoms with Crippen LogP contribution in [-0.2, 0) is 50.1 Å². The molecule has 42 heavy (non-hydrogen) atoms. The topological polar surface area (TPSA) is 50.5 Å². The standard InChI is InChI=1S/C36H38NO5/c1-2-37-36-35(41-26-31-21-13-6-14-22-31)34(40-25-30-19-11-5-12-20-30)33(39-24-29-17-9-4-10-18-29)32(42-36)27-38-23-28-15-7-3-8-16-28/h3-22,32-36H,23-27H2,1H3/q+1/t32-,33-,34+,35+,36+/m1/s1. The highest BCUT2D eigenvalue weighted by atomic mass is 16.6. The van der Waals surface area contributed by atoms with Gasteiger partial charge in [-0.3, -0.25) is 4.74 Å². The van der Waals surface area contributed by atoms with Crippen molar-refractivity contribution in [1.29, 1.82) is 0 Å². The monoisotopic (exact) mass is 564 g/mol. The second-order valence-electron chi connectivity index (χ2n) is 10.2. The average molecular weight is 565 g/mol. The third kappa shape index (κ3) is 8.59. The predicted octanol–water partition coefficient (Wildman–Crippen LogP) is 7.04. The zero-order valence-electron chi connectivity index (χ0n) is 24.0. The van der Waals surface area contributed by atoms with Crippen molar-refractivity contribution in [3.8, 4) is 6.07 Å². The van der Waals surface area contributed by atoms with Crippen LogP contribution in [0.4, 0.5) is 0 Å². The summed E-state index contributed by atoms with van der Waals surface area (Å²) in [5.41, 5.74) is 4.27. The lowest BCUT2D eigenvalue weighted by Gasteiger charge is -2.41. The Bertz CT molecular complexity index is 1380. The molecule has 0 unspecified atom stereocenters. The van der Waals surface area contributed by atoms with E-state index in [0.29, 0.717) is 33.0 Å². The van der Waals surface area contributed by atoms with Crippen molar-refractivity contribution in [2.24, 2.45) is 0 Å². The van der Waals surface area contributed by atoms with Crippen LogP contribution < -0.4 is 0 Å². The Morgan fingerprint density at radius 2 is 0.952 bits per heavy atom. The molecule has 6 heteroatoms. The minimum Gasteiger partial charge on any atom is -0.374 e. The lowest BCUT2D eigenvalue weighted by molar-refractivity contribution is -0.263. The molecule has 0 aliphatic carbocycles. The molecule has 0 radical (unpaired) electrons. The Labute approximate surface area is 248 Å². The molecular formula is C36H38NO5+. The van der Waals surface area contributed by atoms with Crippen LogP contribution in [0.5, 0.6) is 0 Å². The van der Waals surface area contributed by atoms with Gasteiger partial charge in [-0.15, -0.1) is 0 Å². The van der Waals surface area contributed by atoms with Crippen molar-refractivity contribution in [1.82, 2.24) is 0 Å². The van der Waals surface area contributed by atoms with Gasteiger partial charge in [-0.25, -0.2) is 0 Å². The van der Waals surface area contributed by atoms with E-state index in [1.807, 2.05) is 109 Å². The molecule has 0 saturated carbocycles. The molecule has 0 spiro atoms. The van der Waals surface area contributed by atoms with Crippen LogP contribution in [0.1, 0.15) is 29.2 Å². The maximum Gasteiger partial charge on any atom is 0.405 e. The summed E-state index contributed by atoms with van der Waals surface area (Å²) in [6, 6.07) is 43.3. The van der Waals surface area contributed by atoms with E-state index in [1.165, 1.54) is 0 Å². The molecule has 5 atom stereocenters. The van der Waals surface area contributed by atoms with Crippen LogP contribution in [0.15, 0.2) is 121 Å². The highest BCUT2D eigenvalue weighted by Gasteiger charge is 2.53. The molecule has 0 amide bonds. The quantitative estimate of drug-likeness (QED) is 0.174. The van der Waals surface area contributed by atoms with Gasteiger partial charge in [-0.1, -0.05) is 121 Å². The Morgan fingerprint density at radius 3 is 1.40 bits per heavy atom. The smallest absolute Gasteiger partial charge is 0.374 e. The first-order chi connectivity index (χ1) is 20.8. The third-order valence-electron chi connectivity index (χ3n) is 7.12. The number of nitrogens with zero attached hydrogens (tertiary/aromatic N) is 1. The van der Waals surface area contributed by atoms with Crippen molar-refractivity contribution < 1.29 is 23.7 Å². The third-order valence-corrected chi connectivity index (χ3v) is 7.12. The molecule has 1 aliphatic heterocycles. The zero-order valence-corrected chi connectivity index (χ0v) is 24.0. The zero-order chi connectivity index (χ0) is 28.8. The molecule has 0 N–H and O–H groups in total. The second-order valence-corrected chi connectivity index (χ2v) is 10.2. The summed E-state index contributed by atoms with van der Waals surface area (Å²) in [6.07, 6.45) is -2.58. The van der Waals surface area contributed by atoms with E-state index in [4.69, 9.17) is 23.7 Å². The van der Waals surface area contributed by atoms with Crippen molar-refractivity contribution >= 4 is 0 Å². The van der Waals surface area contributed by atoms with Gasteiger partial charge >= 0.3 is 6.23 Å². The van der Waals surface area contributed by atoms with Gasteiger partial charge in [0.2, 0.25) is 0 Å². The highest BCUT2D eigenvalue weighted by molar-refractivity contribution is 5.17. The van der Waals surface area contributed by atoms with Crippen LogP contribution in [0.2, 0.25) is 0 Å². The van der Waals surface area contributed by atoms with E-state index >= 15 is 0 Å². The van der Waals surface area contributed by atoms with Gasteiger partial charge in [0.15, 0.2) is 6.10 Å². The molecule has 0 aromatic heterocycles. The largest absolute Gasteiger partial charge is 0.405 e. The molecule has 1 saturated heterocycles. The fraction of sp³-hybridized carbons (Fsp3) is 0.306. The van der Waals surface area contributed by atoms with Gasteiger partial charge in [0.25, 0.3) is 6.07 Å². The number of hydrogen-bond acceptors (Lipinski definition) is 5. The fourth-order valence-electron chi connectivity index (χ4n) is 5.00. The minimum absolute atomic E-state index is 0.306. The summed E-state index contributed by atoms with van der Waals surface area (Å²) in [7, 11) is 0. The molecule has 0 bridgehead atoms. The molecule has 216 valence electrons. The fourth-order valence-corrected chi connectivity index (χ4v) is 5.00. The van der Waals surface area contributed by atoms with E-state index in [1.54, 1.807) is 6.92 Å². The van der Waals surface area contributed by atoms with Gasteiger partial charge in [0.05, 0.1) is 40.0 Å². The lowest BCUT2D eigenvalue weighted by atomic mass is 9.97. The van der Waals surface area contributed by atoms with E-state index in [-0.39, 0.29) is 0 Å². The first-order valence-electron chi connectivity index (χ1n) is 14.4. The summed E-state index contributed by atoms with van der Waals surface area (Å²) < 4.78 is 32.6. The van der Waals surface area contributed by atoms with Crippen molar-refractivity contribution in [2.45, 2.75) is 64.0 Å². The van der Waals surface area contributed by atoms with Crippen molar-refractivity contribution in [3.05, 3.63) is 148 Å². The number of ether oxygens (including phenoxy) is 5. The van der Waals surface area contributed by atoms with Gasteiger partial charge in [-0.05, 0) is 27.1 Å². The summed E-state index contributed by atoms with van der Waals surface area (Å²) in [6.45, 7) is 3.71. The maximum atomic E-state index is 6.67. The first-order valence-corrected chi connectivity index (χ1v) is 14.4. The molecule has 5 rings (SSSR count). The van der Waals surface area contributed by atoms with E-state index in [9.17, 15) is 0 Å². The minimum atomic E-state index is -0.638. The van der Waals surface area contributed by atoms with Crippen LogP contribution in [0, 0.1) is 6.07 Å². The van der Waals surface area contributed by atoms with Crippen LogP contribution >= 0.6 is 0 Å². The Hall–Kier alpha value is -3.83. The predicted molar refractivity (Wildman–Crippen MR) is 163 cm³/mol. The van der Waals surface area contributed by atoms with Gasteiger partial charge in [0.1, 0.15) is 18.3 Å². The van der Waals surface area contributed by atoms with E-state index in [0.717, 1.165) is 22.3 Å². The van der Waals surface area contributed by atoms with Gasteiger partial charge < -0.3 is 18.9 Å². The number of benzene rings is 4. The van der Waals surface area contributed by atoms with Crippen LogP contribution in [-0.4, -0.2) is 37.3 Å². The molecule has 6 nitrogen and oxygen atoms in total. The normalized spacial score (nSPS) is 21.8. The SMILES string of the molecule is CC#[N+][C@H]1O[C@H](COCc2ccccc2)[C@@H](OCc2ccccc2)[C@H](OCc2ccccc2)[C@@H]1OCc1ccccc1. The lowest BCUT2D eigenvalue weighted by Crippen LogP contribution is -2.60. The molecule has 4 aromatic rings. The summed E-state index contributed by atoms with van der Waals surface area (Å²) in [5.74, 6) is 0. The van der Waals surface area contributed by atoms with Gasteiger partial charge in [0, 0.05) is 0 Å². The Kier molecular flexibility index (Phi) is 11.3. The summed E-state index contributed by atoms with van der Waals surface area (Å²) in [5, 5.41) is 0. The Balaban J connectivity index is 1.41. The number of hydrogen-bond donors (Lipinski definition) is 0. The molecule has 1 heterocycles. The van der Waals surface area contributed by atoms with Gasteiger partial charge in [-0.2, -0.15) is 0 Å². The average Bonchev–Trinajstić information content (AvgIpc) is 3.05. The second kappa shape index (κ2) is 16.0. The Morgan fingerprint density at radius 1 is 0.548 bits per heavy atom. The van der Waals surface area contributed by atoms with Crippen LogP contribution in [0.25, 0.3) is 4.85 Å². The maximum absolute atomic E-state index is 6.67. The molecule has 1 fully saturated rings. The first kappa shape index (κ1) is 29.7. The summed E-state index contributed by atoms with van der Waals surface area (Å²) >= 11 is 0. The molecule has 1 aliphatic rings. The number of rotatable bonds is 13. The summed E-state index contributed by atoms with van der Waals surface area (Å²) in [4.78, 5) is 4.56. The van der Waals surface area contributed by atoms with E-state index in [2.05, 4.69) is 23.0 Å². The van der Waals surface area contributed by atoms with Crippen LogP contribution in [0.3, 0.4) is 0 Å².